The van der Waals surface area contributed by atoms with Crippen molar-refractivity contribution in [2.24, 2.45) is 0 Å². The fraction of sp³-hybridized carbons (Fsp3) is 0.444. The molecule has 4 aromatic rings. The molecule has 47 heavy (non-hydrogen) atoms. The van der Waals surface area contributed by atoms with Gasteiger partial charge in [-0.05, 0) is 102 Å². The van der Waals surface area contributed by atoms with Crippen LogP contribution in [-0.2, 0) is 40.1 Å². The third kappa shape index (κ3) is 6.76. The van der Waals surface area contributed by atoms with E-state index in [0.29, 0.717) is 34.9 Å². The first-order valence-electron chi connectivity index (χ1n) is 16.2. The monoisotopic (exact) mass is 638 g/mol. The van der Waals surface area contributed by atoms with Crippen LogP contribution in [0.15, 0.2) is 59.7 Å². The Bertz CT molecular complexity index is 1870. The van der Waals surface area contributed by atoms with Crippen LogP contribution in [0.5, 0.6) is 0 Å². The van der Waals surface area contributed by atoms with E-state index in [2.05, 4.69) is 26.6 Å². The number of benzene rings is 1. The number of aromatic amines is 1. The number of aliphatic hydroxyl groups is 1. The van der Waals surface area contributed by atoms with Gasteiger partial charge in [-0.15, -0.1) is 0 Å². The zero-order valence-corrected chi connectivity index (χ0v) is 27.6. The minimum atomic E-state index is -1.03. The molecule has 11 nitrogen and oxygen atoms in total. The van der Waals surface area contributed by atoms with Gasteiger partial charge in [0.1, 0.15) is 5.60 Å². The number of pyridine rings is 2. The number of amides is 2. The second-order valence-corrected chi connectivity index (χ2v) is 14.2. The van der Waals surface area contributed by atoms with E-state index in [1.165, 1.54) is 0 Å². The zero-order chi connectivity index (χ0) is 33.6. The number of carbonyl (C=O) groups is 2. The summed E-state index contributed by atoms with van der Waals surface area (Å²) in [7, 11) is 0. The summed E-state index contributed by atoms with van der Waals surface area (Å²) in [5, 5.41) is 20.9. The van der Waals surface area contributed by atoms with E-state index in [0.717, 1.165) is 41.8 Å². The van der Waals surface area contributed by atoms with E-state index < -0.39 is 22.7 Å². The number of rotatable bonds is 8. The van der Waals surface area contributed by atoms with E-state index in [1.807, 2.05) is 35.2 Å². The average Bonchev–Trinajstić information content (AvgIpc) is 3.84. The summed E-state index contributed by atoms with van der Waals surface area (Å²) in [6.07, 6.45) is 6.80. The molecule has 2 aliphatic carbocycles. The van der Waals surface area contributed by atoms with Crippen LogP contribution in [0.4, 0.5) is 4.79 Å². The number of aryl methyl sites for hydroxylation is 1. The third-order valence-electron chi connectivity index (χ3n) is 9.04. The maximum atomic E-state index is 14.9. The normalized spacial score (nSPS) is 17.1. The number of hydrogen-bond donors (Lipinski definition) is 3. The standard InChI is InChI=1S/C36H42N6O5/c1-34(2,3)47-33(45)39-20-28-27-18-23(12-14-26(27)31(43)41-40-28)36(15-16-36)32(44)42(21-25-13-11-24(19-38-25)35(4,5)46)29-10-6-8-22-9-7-17-37-30(22)29/h7,9,11-14,17-19,29,46H,6,8,10,15-16,20-21H2,1-5H3,(H,39,45)(H,41,43). The Morgan fingerprint density at radius 2 is 1.87 bits per heavy atom. The van der Waals surface area contributed by atoms with Crippen molar-refractivity contribution in [1.82, 2.24) is 30.4 Å². The lowest BCUT2D eigenvalue weighted by Gasteiger charge is -2.37. The number of fused-ring (bicyclic) bond motifs is 2. The van der Waals surface area contributed by atoms with Crippen molar-refractivity contribution in [1.29, 1.82) is 0 Å². The van der Waals surface area contributed by atoms with E-state index in [9.17, 15) is 19.5 Å². The number of aromatic nitrogens is 4. The molecule has 2 amide bonds. The molecule has 0 bridgehead atoms. The number of nitrogens with one attached hydrogen (secondary N) is 2. The van der Waals surface area contributed by atoms with Gasteiger partial charge in [0.15, 0.2) is 0 Å². The van der Waals surface area contributed by atoms with Crippen LogP contribution in [0.3, 0.4) is 0 Å². The van der Waals surface area contributed by atoms with E-state index >= 15 is 0 Å². The first kappa shape index (κ1) is 32.3. The van der Waals surface area contributed by atoms with Crippen LogP contribution >= 0.6 is 0 Å². The Hall–Kier alpha value is -4.64. The summed E-state index contributed by atoms with van der Waals surface area (Å²) in [5.74, 6) is -0.0139. The second kappa shape index (κ2) is 12.2. The molecule has 1 atom stereocenters. The van der Waals surface area contributed by atoms with Gasteiger partial charge < -0.3 is 20.1 Å². The van der Waals surface area contributed by atoms with E-state index in [-0.39, 0.29) is 30.6 Å². The minimum Gasteiger partial charge on any atom is -0.444 e. The Morgan fingerprint density at radius 3 is 2.55 bits per heavy atom. The Balaban J connectivity index is 1.36. The van der Waals surface area contributed by atoms with Gasteiger partial charge in [0, 0.05) is 23.3 Å². The maximum Gasteiger partial charge on any atom is 0.407 e. The first-order valence-corrected chi connectivity index (χ1v) is 16.2. The van der Waals surface area contributed by atoms with Gasteiger partial charge in [0.2, 0.25) is 5.91 Å². The van der Waals surface area contributed by atoms with Crippen molar-refractivity contribution in [2.75, 3.05) is 0 Å². The molecular formula is C36H42N6O5. The van der Waals surface area contributed by atoms with Gasteiger partial charge >= 0.3 is 6.09 Å². The topological polar surface area (TPSA) is 150 Å². The first-order chi connectivity index (χ1) is 22.2. The summed E-state index contributed by atoms with van der Waals surface area (Å²) in [6.45, 7) is 9.10. The maximum absolute atomic E-state index is 14.9. The number of hydrogen-bond acceptors (Lipinski definition) is 8. The lowest BCUT2D eigenvalue weighted by molar-refractivity contribution is -0.137. The minimum absolute atomic E-state index is 0.0139. The largest absolute Gasteiger partial charge is 0.444 e. The molecule has 3 heterocycles. The van der Waals surface area contributed by atoms with Crippen molar-refractivity contribution in [2.45, 2.75) is 102 Å². The van der Waals surface area contributed by atoms with Gasteiger partial charge in [-0.2, -0.15) is 5.10 Å². The summed E-state index contributed by atoms with van der Waals surface area (Å²) in [4.78, 5) is 51.3. The number of H-pyrrole nitrogens is 1. The molecule has 1 unspecified atom stereocenters. The summed E-state index contributed by atoms with van der Waals surface area (Å²) >= 11 is 0. The Kier molecular flexibility index (Phi) is 8.38. The molecule has 6 rings (SSSR count). The number of carbonyl (C=O) groups excluding carboxylic acids is 2. The molecule has 1 aromatic carbocycles. The van der Waals surface area contributed by atoms with Crippen LogP contribution in [0, 0.1) is 0 Å². The molecule has 246 valence electrons. The van der Waals surface area contributed by atoms with Crippen molar-refractivity contribution in [3.05, 3.63) is 99.0 Å². The quantitative estimate of drug-likeness (QED) is 0.241. The number of alkyl carbamates (subject to hydrolysis) is 1. The third-order valence-corrected chi connectivity index (χ3v) is 9.04. The highest BCUT2D eigenvalue weighted by Crippen LogP contribution is 2.52. The molecule has 1 saturated carbocycles. The van der Waals surface area contributed by atoms with E-state index in [1.54, 1.807) is 53.1 Å². The predicted octanol–water partition coefficient (Wildman–Crippen LogP) is 5.10. The van der Waals surface area contributed by atoms with Crippen molar-refractivity contribution in [3.63, 3.8) is 0 Å². The molecule has 1 fully saturated rings. The lowest BCUT2D eigenvalue weighted by Crippen LogP contribution is -2.43. The highest BCUT2D eigenvalue weighted by molar-refractivity contribution is 5.94. The van der Waals surface area contributed by atoms with Gasteiger partial charge in [-0.25, -0.2) is 9.89 Å². The molecule has 2 aliphatic rings. The SMILES string of the molecule is CC(C)(C)OC(=O)NCc1n[nH]c(=O)c2ccc(C3(C(=O)N(Cc4ccc(C(C)(C)O)cn4)C4CCCc5cccnc54)CC3)cc12. The van der Waals surface area contributed by atoms with Crippen molar-refractivity contribution in [3.8, 4) is 0 Å². The van der Waals surface area contributed by atoms with Crippen LogP contribution in [0.25, 0.3) is 10.8 Å². The van der Waals surface area contributed by atoms with E-state index in [4.69, 9.17) is 9.72 Å². The van der Waals surface area contributed by atoms with Crippen LogP contribution in [-0.4, -0.2) is 47.8 Å². The molecule has 3 aromatic heterocycles. The Morgan fingerprint density at radius 1 is 1.09 bits per heavy atom. The molecule has 0 spiro atoms. The smallest absolute Gasteiger partial charge is 0.407 e. The number of nitrogens with zero attached hydrogens (tertiary/aromatic N) is 4. The fourth-order valence-electron chi connectivity index (χ4n) is 6.41. The Labute approximate surface area is 273 Å². The van der Waals surface area contributed by atoms with Gasteiger partial charge in [0.25, 0.3) is 5.56 Å². The molecule has 0 aliphatic heterocycles. The zero-order valence-electron chi connectivity index (χ0n) is 27.6. The highest BCUT2D eigenvalue weighted by Gasteiger charge is 2.54. The molecule has 0 radical (unpaired) electrons. The molecular weight excluding hydrogens is 596 g/mol. The fourth-order valence-corrected chi connectivity index (χ4v) is 6.41. The lowest BCUT2D eigenvalue weighted by atomic mass is 9.87. The summed E-state index contributed by atoms with van der Waals surface area (Å²) in [5.41, 5.74) is 1.91. The summed E-state index contributed by atoms with van der Waals surface area (Å²) in [6, 6.07) is 13.0. The molecule has 11 heteroatoms. The van der Waals surface area contributed by atoms with Crippen molar-refractivity contribution < 1.29 is 19.4 Å². The number of ether oxygens (including phenoxy) is 1. The van der Waals surface area contributed by atoms with Gasteiger partial charge in [-0.1, -0.05) is 18.2 Å². The summed E-state index contributed by atoms with van der Waals surface area (Å²) < 4.78 is 5.37. The molecule has 3 N–H and O–H groups in total. The van der Waals surface area contributed by atoms with Crippen LogP contribution in [0.2, 0.25) is 0 Å². The van der Waals surface area contributed by atoms with Crippen LogP contribution < -0.4 is 10.9 Å². The molecule has 0 saturated heterocycles. The van der Waals surface area contributed by atoms with Gasteiger partial charge in [0.05, 0.1) is 52.6 Å². The highest BCUT2D eigenvalue weighted by atomic mass is 16.6. The van der Waals surface area contributed by atoms with Crippen molar-refractivity contribution >= 4 is 22.8 Å². The second-order valence-electron chi connectivity index (χ2n) is 14.2. The average molecular weight is 639 g/mol. The van der Waals surface area contributed by atoms with Gasteiger partial charge in [-0.3, -0.25) is 19.6 Å². The predicted molar refractivity (Wildman–Crippen MR) is 176 cm³/mol. The van der Waals surface area contributed by atoms with Crippen LogP contribution in [0.1, 0.15) is 100 Å².